The lowest BCUT2D eigenvalue weighted by Crippen LogP contribution is -2.17. The summed E-state index contributed by atoms with van der Waals surface area (Å²) in [6, 6.07) is 5.32. The van der Waals surface area contributed by atoms with E-state index < -0.39 is 5.97 Å². The second kappa shape index (κ2) is 19.6. The molecule has 0 unspecified atom stereocenters. The van der Waals surface area contributed by atoms with Gasteiger partial charge in [0.2, 0.25) is 11.5 Å². The molecule has 0 heterocycles. The first kappa shape index (κ1) is 34.7. The number of carbonyl (C=O) groups excluding carboxylic acids is 2. The fraction of sp³-hybridized carbons (Fsp3) is 0.647. The maximum absolute atomic E-state index is 13.1. The normalized spacial score (nSPS) is 11.2. The lowest BCUT2D eigenvalue weighted by Gasteiger charge is -2.22. The van der Waals surface area contributed by atoms with E-state index in [1.807, 2.05) is 0 Å². The number of rotatable bonds is 21. The van der Waals surface area contributed by atoms with Gasteiger partial charge in [0.1, 0.15) is 0 Å². The fourth-order valence-electron chi connectivity index (χ4n) is 4.51. The third-order valence-corrected chi connectivity index (χ3v) is 7.28. The van der Waals surface area contributed by atoms with Crippen LogP contribution >= 0.6 is 11.6 Å². The summed E-state index contributed by atoms with van der Waals surface area (Å²) < 4.78 is 24.7. The number of benzene rings is 2. The average molecular weight is 591 g/mol. The highest BCUT2D eigenvalue weighted by molar-refractivity contribution is 6.36. The van der Waals surface area contributed by atoms with Crippen molar-refractivity contribution in [1.82, 2.24) is 0 Å². The quantitative estimate of drug-likeness (QED) is 0.0818. The van der Waals surface area contributed by atoms with E-state index in [0.717, 1.165) is 83.5 Å². The van der Waals surface area contributed by atoms with Gasteiger partial charge in [0, 0.05) is 11.8 Å². The largest absolute Gasteiger partial charge is 0.486 e. The molecule has 2 aromatic rings. The second-order valence-corrected chi connectivity index (χ2v) is 11.4. The highest BCUT2D eigenvalue weighted by Crippen LogP contribution is 2.53. The van der Waals surface area contributed by atoms with Crippen LogP contribution in [0.2, 0.25) is 5.02 Å². The van der Waals surface area contributed by atoms with Gasteiger partial charge in [-0.05, 0) is 25.3 Å². The first-order chi connectivity index (χ1) is 19.8. The molecule has 0 N–H and O–H groups in total. The minimum Gasteiger partial charge on any atom is -0.486 e. The number of unbranched alkanes of at least 4 members (excludes halogenated alkanes) is 10. The van der Waals surface area contributed by atoms with Crippen molar-refractivity contribution in [3.63, 3.8) is 0 Å². The molecule has 0 aliphatic carbocycles. The molecule has 0 bridgehead atoms. The van der Waals surface area contributed by atoms with Gasteiger partial charge in [-0.15, -0.1) is 0 Å². The number of hydrogen-bond donors (Lipinski definition) is 0. The van der Waals surface area contributed by atoms with E-state index >= 15 is 0 Å². The van der Waals surface area contributed by atoms with E-state index in [2.05, 4.69) is 20.8 Å². The molecule has 0 saturated heterocycles. The fourth-order valence-corrected chi connectivity index (χ4v) is 4.77. The third kappa shape index (κ3) is 11.4. The maximum atomic E-state index is 13.1. The zero-order valence-corrected chi connectivity index (χ0v) is 26.7. The van der Waals surface area contributed by atoms with Crippen LogP contribution < -0.4 is 18.9 Å². The molecule has 0 radical (unpaired) electrons. The van der Waals surface area contributed by atoms with Gasteiger partial charge < -0.3 is 18.9 Å². The molecule has 0 amide bonds. The van der Waals surface area contributed by atoms with Crippen LogP contribution in [0.15, 0.2) is 18.2 Å². The Morgan fingerprint density at radius 3 is 1.78 bits per heavy atom. The predicted octanol–water partition coefficient (Wildman–Crippen LogP) is 10.2. The van der Waals surface area contributed by atoms with Crippen molar-refractivity contribution < 1.29 is 28.5 Å². The molecular weight excluding hydrogens is 540 g/mol. The number of esters is 2. The lowest BCUT2D eigenvalue weighted by atomic mass is 10.1. The summed E-state index contributed by atoms with van der Waals surface area (Å²) in [5.74, 6) is -0.0698. The van der Waals surface area contributed by atoms with Crippen molar-refractivity contribution in [2.75, 3.05) is 13.2 Å². The van der Waals surface area contributed by atoms with Crippen molar-refractivity contribution in [2.24, 2.45) is 5.92 Å². The van der Waals surface area contributed by atoms with E-state index in [-0.39, 0.29) is 34.9 Å². The molecule has 0 saturated carbocycles. The molecule has 2 aromatic carbocycles. The van der Waals surface area contributed by atoms with E-state index in [4.69, 9.17) is 30.5 Å². The van der Waals surface area contributed by atoms with Crippen LogP contribution in [0.1, 0.15) is 125 Å². The molecule has 6 nitrogen and oxygen atoms in total. The number of carbonyl (C=O) groups is 2. The van der Waals surface area contributed by atoms with Gasteiger partial charge in [-0.3, -0.25) is 9.59 Å². The standard InChI is InChI=1S/C34H51ClO6/c1-6-9-12-15-16-22-28(36)40-31-29-26(20-19-21-27(29)35)30(41-34(37)25(4)5)32(38-23-17-13-10-7-2)33(31)39-24-18-14-11-8-3/h19-21,25H,6-18,22-24H2,1-5H3. The van der Waals surface area contributed by atoms with Crippen LogP contribution in [0.25, 0.3) is 10.8 Å². The maximum Gasteiger partial charge on any atom is 0.313 e. The minimum atomic E-state index is -0.396. The first-order valence-electron chi connectivity index (χ1n) is 15.8. The molecule has 0 aliphatic rings. The van der Waals surface area contributed by atoms with Gasteiger partial charge in [0.15, 0.2) is 11.5 Å². The van der Waals surface area contributed by atoms with Gasteiger partial charge in [0.05, 0.1) is 29.5 Å². The van der Waals surface area contributed by atoms with Crippen molar-refractivity contribution >= 4 is 34.3 Å². The topological polar surface area (TPSA) is 71.1 Å². The Labute approximate surface area is 252 Å². The van der Waals surface area contributed by atoms with Crippen molar-refractivity contribution in [2.45, 2.75) is 125 Å². The SMILES string of the molecule is CCCCCCCC(=O)Oc1c(OCCCCCC)c(OCCCCCC)c(OC(=O)C(C)C)c2cccc(Cl)c12. The number of fused-ring (bicyclic) bond motifs is 1. The second-order valence-electron chi connectivity index (χ2n) is 11.0. The van der Waals surface area contributed by atoms with Crippen LogP contribution in [-0.2, 0) is 9.59 Å². The minimum absolute atomic E-state index is 0.229. The van der Waals surface area contributed by atoms with Crippen LogP contribution in [0, 0.1) is 5.92 Å². The summed E-state index contributed by atoms with van der Waals surface area (Å²) >= 11 is 6.74. The lowest BCUT2D eigenvalue weighted by molar-refractivity contribution is -0.138. The van der Waals surface area contributed by atoms with Crippen LogP contribution in [0.3, 0.4) is 0 Å². The number of halogens is 1. The van der Waals surface area contributed by atoms with Crippen LogP contribution in [0.5, 0.6) is 23.0 Å². The molecule has 0 fully saturated rings. The monoisotopic (exact) mass is 590 g/mol. The average Bonchev–Trinajstić information content (AvgIpc) is 2.95. The van der Waals surface area contributed by atoms with Crippen molar-refractivity contribution in [3.05, 3.63) is 23.2 Å². The molecule has 0 spiro atoms. The van der Waals surface area contributed by atoms with Gasteiger partial charge >= 0.3 is 11.9 Å². The third-order valence-electron chi connectivity index (χ3n) is 6.97. The predicted molar refractivity (Wildman–Crippen MR) is 168 cm³/mol. The zero-order chi connectivity index (χ0) is 30.0. The van der Waals surface area contributed by atoms with Crippen LogP contribution in [0.4, 0.5) is 0 Å². The number of hydrogen-bond acceptors (Lipinski definition) is 6. The van der Waals surface area contributed by atoms with Gasteiger partial charge in [-0.25, -0.2) is 0 Å². The van der Waals surface area contributed by atoms with E-state index in [1.54, 1.807) is 32.0 Å². The molecule has 7 heteroatoms. The smallest absolute Gasteiger partial charge is 0.313 e. The summed E-state index contributed by atoms with van der Waals surface area (Å²) in [6.45, 7) is 10.9. The Balaban J connectivity index is 2.60. The Hall–Kier alpha value is -2.47. The Morgan fingerprint density at radius 2 is 1.22 bits per heavy atom. The molecule has 41 heavy (non-hydrogen) atoms. The summed E-state index contributed by atoms with van der Waals surface area (Å²) in [4.78, 5) is 26.0. The van der Waals surface area contributed by atoms with E-state index in [1.165, 1.54) is 0 Å². The molecule has 0 aromatic heterocycles. The summed E-state index contributed by atoms with van der Waals surface area (Å²) in [7, 11) is 0. The summed E-state index contributed by atoms with van der Waals surface area (Å²) in [5, 5.41) is 1.39. The molecule has 0 atom stereocenters. The Morgan fingerprint density at radius 1 is 0.683 bits per heavy atom. The molecule has 230 valence electrons. The molecule has 2 rings (SSSR count). The summed E-state index contributed by atoms with van der Waals surface area (Å²) in [6.07, 6.45) is 13.5. The van der Waals surface area contributed by atoms with Crippen molar-refractivity contribution in [3.8, 4) is 23.0 Å². The van der Waals surface area contributed by atoms with Gasteiger partial charge in [-0.1, -0.05) is 123 Å². The Kier molecular flexibility index (Phi) is 16.6. The van der Waals surface area contributed by atoms with Gasteiger partial charge in [0.25, 0.3) is 0 Å². The molecular formula is C34H51ClO6. The van der Waals surface area contributed by atoms with Crippen LogP contribution in [-0.4, -0.2) is 25.2 Å². The van der Waals surface area contributed by atoms with Gasteiger partial charge in [-0.2, -0.15) is 0 Å². The van der Waals surface area contributed by atoms with Crippen molar-refractivity contribution in [1.29, 1.82) is 0 Å². The highest BCUT2D eigenvalue weighted by Gasteiger charge is 2.29. The Bertz CT molecular complexity index is 1080. The zero-order valence-electron chi connectivity index (χ0n) is 26.0. The van der Waals surface area contributed by atoms with E-state index in [0.29, 0.717) is 35.4 Å². The first-order valence-corrected chi connectivity index (χ1v) is 16.2. The molecule has 0 aliphatic heterocycles. The number of ether oxygens (including phenoxy) is 4. The van der Waals surface area contributed by atoms with E-state index in [9.17, 15) is 9.59 Å². The highest BCUT2D eigenvalue weighted by atomic mass is 35.5. The summed E-state index contributed by atoms with van der Waals surface area (Å²) in [5.41, 5.74) is 0.